The highest BCUT2D eigenvalue weighted by molar-refractivity contribution is 5.85. The van der Waals surface area contributed by atoms with E-state index in [0.717, 1.165) is 32.0 Å². The minimum atomic E-state index is 0. The first-order valence-corrected chi connectivity index (χ1v) is 7.61. The second kappa shape index (κ2) is 6.05. The zero-order chi connectivity index (χ0) is 13.5. The van der Waals surface area contributed by atoms with E-state index in [1.54, 1.807) is 0 Å². The van der Waals surface area contributed by atoms with Crippen LogP contribution in [0.15, 0.2) is 24.3 Å². The van der Waals surface area contributed by atoms with E-state index < -0.39 is 0 Å². The molecule has 1 aliphatic carbocycles. The molecule has 1 aromatic rings. The summed E-state index contributed by atoms with van der Waals surface area (Å²) in [6.45, 7) is 7.90. The van der Waals surface area contributed by atoms with Crippen LogP contribution in [0.2, 0.25) is 0 Å². The molecule has 2 aliphatic rings. The van der Waals surface area contributed by atoms with Gasteiger partial charge in [-0.05, 0) is 41.7 Å². The van der Waals surface area contributed by atoms with Gasteiger partial charge in [-0.2, -0.15) is 0 Å². The summed E-state index contributed by atoms with van der Waals surface area (Å²) < 4.78 is 0. The van der Waals surface area contributed by atoms with E-state index in [2.05, 4.69) is 43.0 Å². The van der Waals surface area contributed by atoms with Crippen molar-refractivity contribution in [3.8, 4) is 0 Å². The highest BCUT2D eigenvalue weighted by Crippen LogP contribution is 2.40. The van der Waals surface area contributed by atoms with Crippen LogP contribution in [-0.4, -0.2) is 24.0 Å². The maximum atomic E-state index is 6.20. The highest BCUT2D eigenvalue weighted by Gasteiger charge is 2.33. The van der Waals surface area contributed by atoms with Crippen LogP contribution in [0.1, 0.15) is 50.2 Å². The molecule has 112 valence electrons. The topological polar surface area (TPSA) is 29.3 Å². The Kier molecular flexibility index (Phi) is 4.78. The Morgan fingerprint density at radius 3 is 2.35 bits per heavy atom. The van der Waals surface area contributed by atoms with Crippen molar-refractivity contribution < 1.29 is 0 Å². The Bertz CT molecular complexity index is 437. The lowest BCUT2D eigenvalue weighted by atomic mass is 9.79. The maximum absolute atomic E-state index is 6.20. The summed E-state index contributed by atoms with van der Waals surface area (Å²) >= 11 is 0. The van der Waals surface area contributed by atoms with Crippen molar-refractivity contribution in [3.05, 3.63) is 35.4 Å². The number of likely N-dealkylation sites (tertiary alicyclic amines) is 1. The molecule has 1 unspecified atom stereocenters. The molecule has 0 spiro atoms. The Hall–Kier alpha value is -0.570. The predicted molar refractivity (Wildman–Crippen MR) is 87.3 cm³/mol. The molecule has 1 saturated heterocycles. The van der Waals surface area contributed by atoms with Crippen molar-refractivity contribution in [1.29, 1.82) is 0 Å². The summed E-state index contributed by atoms with van der Waals surface area (Å²) in [5.41, 5.74) is 9.42. The zero-order valence-corrected chi connectivity index (χ0v) is 13.5. The number of rotatable bonds is 3. The molecule has 0 aromatic heterocycles. The van der Waals surface area contributed by atoms with Gasteiger partial charge in [0.1, 0.15) is 0 Å². The normalized spacial score (nSPS) is 26.1. The van der Waals surface area contributed by atoms with Crippen molar-refractivity contribution in [2.24, 2.45) is 11.1 Å². The van der Waals surface area contributed by atoms with E-state index in [1.807, 2.05) is 0 Å². The van der Waals surface area contributed by atoms with Gasteiger partial charge in [0.15, 0.2) is 0 Å². The molecule has 2 fully saturated rings. The second-order valence-electron chi connectivity index (χ2n) is 7.11. The molecule has 3 heteroatoms. The number of piperidine rings is 1. The third kappa shape index (κ3) is 3.55. The standard InChI is InChI=1S/C17H26N2.ClH/c1-17(2)12-19(10-9-16(17)18)11-13-3-5-14(6-4-13)15-7-8-15;/h3-6,15-16H,7-12,18H2,1-2H3;1H. The summed E-state index contributed by atoms with van der Waals surface area (Å²) in [6.07, 6.45) is 3.89. The van der Waals surface area contributed by atoms with Crippen molar-refractivity contribution >= 4 is 12.4 Å². The van der Waals surface area contributed by atoms with E-state index in [4.69, 9.17) is 5.73 Å². The van der Waals surface area contributed by atoms with Gasteiger partial charge in [0.05, 0.1) is 0 Å². The number of hydrogen-bond acceptors (Lipinski definition) is 2. The summed E-state index contributed by atoms with van der Waals surface area (Å²) in [5, 5.41) is 0. The van der Waals surface area contributed by atoms with E-state index in [9.17, 15) is 0 Å². The molecule has 3 rings (SSSR count). The molecule has 1 heterocycles. The number of hydrogen-bond donors (Lipinski definition) is 1. The molecule has 0 amide bonds. The summed E-state index contributed by atoms with van der Waals surface area (Å²) in [4.78, 5) is 2.55. The SMILES string of the molecule is CC1(C)CN(Cc2ccc(C3CC3)cc2)CCC1N.Cl. The van der Waals surface area contributed by atoms with E-state index in [1.165, 1.54) is 24.0 Å². The highest BCUT2D eigenvalue weighted by atomic mass is 35.5. The first kappa shape index (κ1) is 15.8. The molecule has 1 atom stereocenters. The first-order valence-electron chi connectivity index (χ1n) is 7.61. The summed E-state index contributed by atoms with van der Waals surface area (Å²) in [6, 6.07) is 9.63. The molecule has 2 N–H and O–H groups in total. The first-order chi connectivity index (χ1) is 9.04. The molecular formula is C17H27ClN2. The maximum Gasteiger partial charge on any atom is 0.0233 e. The third-order valence-corrected chi connectivity index (χ3v) is 4.83. The molecule has 0 radical (unpaired) electrons. The molecule has 0 bridgehead atoms. The zero-order valence-electron chi connectivity index (χ0n) is 12.6. The van der Waals surface area contributed by atoms with Crippen LogP contribution in [0.3, 0.4) is 0 Å². The van der Waals surface area contributed by atoms with Crippen LogP contribution in [0, 0.1) is 5.41 Å². The Morgan fingerprint density at radius 1 is 1.15 bits per heavy atom. The van der Waals surface area contributed by atoms with Gasteiger partial charge in [-0.1, -0.05) is 38.1 Å². The number of halogens is 1. The van der Waals surface area contributed by atoms with E-state index in [0.29, 0.717) is 6.04 Å². The minimum Gasteiger partial charge on any atom is -0.327 e. The van der Waals surface area contributed by atoms with Gasteiger partial charge in [0.25, 0.3) is 0 Å². The lowest BCUT2D eigenvalue weighted by Crippen LogP contribution is -2.52. The van der Waals surface area contributed by atoms with Crippen LogP contribution < -0.4 is 5.73 Å². The number of nitrogens with two attached hydrogens (primary N) is 1. The molecule has 1 aromatic carbocycles. The van der Waals surface area contributed by atoms with Crippen LogP contribution >= 0.6 is 12.4 Å². The monoisotopic (exact) mass is 294 g/mol. The van der Waals surface area contributed by atoms with Crippen molar-refractivity contribution in [2.45, 2.75) is 51.6 Å². The van der Waals surface area contributed by atoms with Gasteiger partial charge in [-0.15, -0.1) is 12.4 Å². The fraction of sp³-hybridized carbons (Fsp3) is 0.647. The fourth-order valence-corrected chi connectivity index (χ4v) is 3.19. The molecule has 1 saturated carbocycles. The quantitative estimate of drug-likeness (QED) is 0.924. The summed E-state index contributed by atoms with van der Waals surface area (Å²) in [5.74, 6) is 0.862. The Labute approximate surface area is 129 Å². The fourth-order valence-electron chi connectivity index (χ4n) is 3.19. The molecule has 1 aliphatic heterocycles. The van der Waals surface area contributed by atoms with Gasteiger partial charge in [-0.25, -0.2) is 0 Å². The Morgan fingerprint density at radius 2 is 1.80 bits per heavy atom. The lowest BCUT2D eigenvalue weighted by Gasteiger charge is -2.42. The Balaban J connectivity index is 0.00000147. The molecule has 2 nitrogen and oxygen atoms in total. The van der Waals surface area contributed by atoms with Crippen molar-refractivity contribution in [2.75, 3.05) is 13.1 Å². The predicted octanol–water partition coefficient (Wildman–Crippen LogP) is 3.55. The van der Waals surface area contributed by atoms with E-state index in [-0.39, 0.29) is 17.8 Å². The van der Waals surface area contributed by atoms with Gasteiger partial charge in [0, 0.05) is 25.7 Å². The van der Waals surface area contributed by atoms with Crippen LogP contribution in [0.4, 0.5) is 0 Å². The smallest absolute Gasteiger partial charge is 0.0233 e. The minimum absolute atomic E-state index is 0. The third-order valence-electron chi connectivity index (χ3n) is 4.83. The second-order valence-corrected chi connectivity index (χ2v) is 7.11. The van der Waals surface area contributed by atoms with Crippen LogP contribution in [0.5, 0.6) is 0 Å². The largest absolute Gasteiger partial charge is 0.327 e. The summed E-state index contributed by atoms with van der Waals surface area (Å²) in [7, 11) is 0. The van der Waals surface area contributed by atoms with Crippen molar-refractivity contribution in [3.63, 3.8) is 0 Å². The van der Waals surface area contributed by atoms with Gasteiger partial charge >= 0.3 is 0 Å². The van der Waals surface area contributed by atoms with E-state index >= 15 is 0 Å². The molecular weight excluding hydrogens is 268 g/mol. The average molecular weight is 295 g/mol. The number of nitrogens with zero attached hydrogens (tertiary/aromatic N) is 1. The van der Waals surface area contributed by atoms with Gasteiger partial charge in [0.2, 0.25) is 0 Å². The van der Waals surface area contributed by atoms with Crippen molar-refractivity contribution in [1.82, 2.24) is 4.90 Å². The van der Waals surface area contributed by atoms with Crippen LogP contribution in [0.25, 0.3) is 0 Å². The number of benzene rings is 1. The molecule has 20 heavy (non-hydrogen) atoms. The van der Waals surface area contributed by atoms with Gasteiger partial charge in [-0.3, -0.25) is 4.90 Å². The van der Waals surface area contributed by atoms with Gasteiger partial charge < -0.3 is 5.73 Å². The van der Waals surface area contributed by atoms with Crippen LogP contribution in [-0.2, 0) is 6.54 Å². The lowest BCUT2D eigenvalue weighted by molar-refractivity contribution is 0.0899. The average Bonchev–Trinajstić information content (AvgIpc) is 3.19.